The Morgan fingerprint density at radius 3 is 2.65 bits per heavy atom. The Kier molecular flexibility index (Phi) is 6.87. The Morgan fingerprint density at radius 1 is 1.29 bits per heavy atom. The van der Waals surface area contributed by atoms with Crippen molar-refractivity contribution < 1.29 is 23.0 Å². The minimum Gasteiger partial charge on any atom is -0.382 e. The molecule has 0 amide bonds. The molecule has 1 N–H and O–H groups in total. The average Bonchev–Trinajstić information content (AvgIpc) is 2.28. The van der Waals surface area contributed by atoms with Gasteiger partial charge in [0.15, 0.2) is 0 Å². The SMILES string of the molecule is CCNC1CC(OCC(F)F)C1OCCOC. The number of nitrogens with one attached hydrogen (secondary N) is 1. The minimum absolute atomic E-state index is 0.149. The summed E-state index contributed by atoms with van der Waals surface area (Å²) in [6.07, 6.45) is -2.08. The van der Waals surface area contributed by atoms with Gasteiger partial charge >= 0.3 is 0 Å². The summed E-state index contributed by atoms with van der Waals surface area (Å²) in [4.78, 5) is 0. The Morgan fingerprint density at radius 2 is 2.06 bits per heavy atom. The number of alkyl halides is 2. The first-order chi connectivity index (χ1) is 8.19. The highest BCUT2D eigenvalue weighted by atomic mass is 19.3. The van der Waals surface area contributed by atoms with Crippen molar-refractivity contribution in [3.63, 3.8) is 0 Å². The third-order valence-electron chi connectivity index (χ3n) is 2.75. The van der Waals surface area contributed by atoms with Gasteiger partial charge in [-0.25, -0.2) is 8.78 Å². The van der Waals surface area contributed by atoms with Crippen molar-refractivity contribution in [3.8, 4) is 0 Å². The highest BCUT2D eigenvalue weighted by Crippen LogP contribution is 2.27. The van der Waals surface area contributed by atoms with Crippen molar-refractivity contribution in [2.75, 3.05) is 33.5 Å². The second kappa shape index (κ2) is 7.92. The molecule has 17 heavy (non-hydrogen) atoms. The molecule has 0 aromatic heterocycles. The van der Waals surface area contributed by atoms with Crippen molar-refractivity contribution in [1.29, 1.82) is 0 Å². The van der Waals surface area contributed by atoms with Crippen molar-refractivity contribution in [2.24, 2.45) is 0 Å². The van der Waals surface area contributed by atoms with Gasteiger partial charge in [-0.2, -0.15) is 0 Å². The predicted molar refractivity (Wildman–Crippen MR) is 59.4 cm³/mol. The molecule has 1 fully saturated rings. The van der Waals surface area contributed by atoms with Crippen LogP contribution in [0, 0.1) is 0 Å². The quantitative estimate of drug-likeness (QED) is 0.623. The third-order valence-corrected chi connectivity index (χ3v) is 2.75. The van der Waals surface area contributed by atoms with Gasteiger partial charge in [0.25, 0.3) is 6.43 Å². The van der Waals surface area contributed by atoms with Gasteiger partial charge in [0.05, 0.1) is 25.4 Å². The molecular weight excluding hydrogens is 232 g/mol. The smallest absolute Gasteiger partial charge is 0.261 e. The van der Waals surface area contributed by atoms with Gasteiger partial charge in [0.1, 0.15) is 6.61 Å². The number of hydrogen-bond acceptors (Lipinski definition) is 4. The molecule has 0 aliphatic heterocycles. The summed E-state index contributed by atoms with van der Waals surface area (Å²) in [7, 11) is 1.59. The van der Waals surface area contributed by atoms with E-state index in [1.54, 1.807) is 7.11 Å². The summed E-state index contributed by atoms with van der Waals surface area (Å²) in [5.74, 6) is 0. The van der Waals surface area contributed by atoms with Gasteiger partial charge in [-0.05, 0) is 13.0 Å². The Bertz CT molecular complexity index is 207. The van der Waals surface area contributed by atoms with Crippen LogP contribution in [0.3, 0.4) is 0 Å². The van der Waals surface area contributed by atoms with Crippen molar-refractivity contribution >= 4 is 0 Å². The van der Waals surface area contributed by atoms with Crippen LogP contribution in [0.4, 0.5) is 8.78 Å². The van der Waals surface area contributed by atoms with Gasteiger partial charge in [-0.3, -0.25) is 0 Å². The first-order valence-corrected chi connectivity index (χ1v) is 5.92. The molecular formula is C11H21F2NO3. The average molecular weight is 253 g/mol. The lowest BCUT2D eigenvalue weighted by Gasteiger charge is -2.44. The monoisotopic (exact) mass is 253 g/mol. The van der Waals surface area contributed by atoms with E-state index in [4.69, 9.17) is 14.2 Å². The number of ether oxygens (including phenoxy) is 3. The molecule has 1 aliphatic rings. The zero-order valence-electron chi connectivity index (χ0n) is 10.3. The van der Waals surface area contributed by atoms with Crippen LogP contribution in [-0.4, -0.2) is 58.2 Å². The number of halogens is 2. The van der Waals surface area contributed by atoms with E-state index in [1.165, 1.54) is 0 Å². The summed E-state index contributed by atoms with van der Waals surface area (Å²) in [5, 5.41) is 3.24. The molecule has 3 unspecified atom stereocenters. The van der Waals surface area contributed by atoms with E-state index in [0.717, 1.165) is 13.0 Å². The summed E-state index contributed by atoms with van der Waals surface area (Å²) in [5.41, 5.74) is 0. The Labute approximate surface area is 101 Å². The van der Waals surface area contributed by atoms with E-state index >= 15 is 0 Å². The van der Waals surface area contributed by atoms with Crippen molar-refractivity contribution in [3.05, 3.63) is 0 Å². The fourth-order valence-electron chi connectivity index (χ4n) is 1.89. The molecule has 4 nitrogen and oxygen atoms in total. The first-order valence-electron chi connectivity index (χ1n) is 5.92. The van der Waals surface area contributed by atoms with E-state index in [0.29, 0.717) is 13.2 Å². The van der Waals surface area contributed by atoms with E-state index in [1.807, 2.05) is 6.92 Å². The topological polar surface area (TPSA) is 39.7 Å². The summed E-state index contributed by atoms with van der Waals surface area (Å²) < 4.78 is 39.6. The highest BCUT2D eigenvalue weighted by molar-refractivity contribution is 4.97. The summed E-state index contributed by atoms with van der Waals surface area (Å²) in [6.45, 7) is 3.26. The standard InChI is InChI=1S/C11H21F2NO3/c1-3-14-8-6-9(17-7-10(12)13)11(8)16-5-4-15-2/h8-11,14H,3-7H2,1-2H3. The molecule has 1 aliphatic carbocycles. The van der Waals surface area contributed by atoms with Gasteiger partial charge in [-0.15, -0.1) is 0 Å². The second-order valence-corrected chi connectivity index (χ2v) is 3.99. The van der Waals surface area contributed by atoms with Crippen LogP contribution in [0.1, 0.15) is 13.3 Å². The molecule has 6 heteroatoms. The molecule has 0 aromatic rings. The van der Waals surface area contributed by atoms with Crippen LogP contribution < -0.4 is 5.32 Å². The zero-order chi connectivity index (χ0) is 12.7. The molecule has 0 bridgehead atoms. The third kappa shape index (κ3) is 4.83. The lowest BCUT2D eigenvalue weighted by molar-refractivity contribution is -0.164. The van der Waals surface area contributed by atoms with Crippen molar-refractivity contribution in [1.82, 2.24) is 5.32 Å². The fourth-order valence-corrected chi connectivity index (χ4v) is 1.89. The van der Waals surface area contributed by atoms with Gasteiger partial charge in [0, 0.05) is 13.2 Å². The number of rotatable bonds is 9. The van der Waals surface area contributed by atoms with Crippen LogP contribution in [-0.2, 0) is 14.2 Å². The number of likely N-dealkylation sites (N-methyl/N-ethyl adjacent to an activating group) is 1. The molecule has 1 saturated carbocycles. The summed E-state index contributed by atoms with van der Waals surface area (Å²) >= 11 is 0. The molecule has 0 spiro atoms. The van der Waals surface area contributed by atoms with E-state index < -0.39 is 13.0 Å². The fraction of sp³-hybridized carbons (Fsp3) is 1.00. The van der Waals surface area contributed by atoms with Gasteiger partial charge < -0.3 is 19.5 Å². The van der Waals surface area contributed by atoms with E-state index in [9.17, 15) is 8.78 Å². The van der Waals surface area contributed by atoms with E-state index in [2.05, 4.69) is 5.32 Å². The normalized spacial score (nSPS) is 28.4. The Balaban J connectivity index is 2.27. The van der Waals surface area contributed by atoms with Gasteiger partial charge in [0.2, 0.25) is 0 Å². The number of hydrogen-bond donors (Lipinski definition) is 1. The van der Waals surface area contributed by atoms with Crippen LogP contribution in [0.2, 0.25) is 0 Å². The number of methoxy groups -OCH3 is 1. The second-order valence-electron chi connectivity index (χ2n) is 3.99. The van der Waals surface area contributed by atoms with E-state index in [-0.39, 0.29) is 18.2 Å². The maximum atomic E-state index is 12.0. The summed E-state index contributed by atoms with van der Waals surface area (Å²) in [6, 6.07) is 0.194. The predicted octanol–water partition coefficient (Wildman–Crippen LogP) is 1.05. The Hall–Kier alpha value is -0.300. The maximum Gasteiger partial charge on any atom is 0.261 e. The van der Waals surface area contributed by atoms with Crippen LogP contribution in [0.25, 0.3) is 0 Å². The van der Waals surface area contributed by atoms with Crippen molar-refractivity contribution in [2.45, 2.75) is 38.0 Å². The molecule has 0 radical (unpaired) electrons. The molecule has 0 saturated heterocycles. The zero-order valence-corrected chi connectivity index (χ0v) is 10.3. The highest BCUT2D eigenvalue weighted by Gasteiger charge is 2.42. The minimum atomic E-state index is -2.42. The lowest BCUT2D eigenvalue weighted by atomic mass is 9.85. The maximum absolute atomic E-state index is 12.0. The molecule has 3 atom stereocenters. The molecule has 0 aromatic carbocycles. The molecule has 1 rings (SSSR count). The van der Waals surface area contributed by atoms with Crippen LogP contribution in [0.5, 0.6) is 0 Å². The lowest BCUT2D eigenvalue weighted by Crippen LogP contribution is -2.60. The first kappa shape index (κ1) is 14.8. The largest absolute Gasteiger partial charge is 0.382 e. The van der Waals surface area contributed by atoms with Crippen LogP contribution in [0.15, 0.2) is 0 Å². The molecule has 0 heterocycles. The van der Waals surface area contributed by atoms with Gasteiger partial charge in [-0.1, -0.05) is 6.92 Å². The van der Waals surface area contributed by atoms with Crippen LogP contribution >= 0.6 is 0 Å². The molecule has 102 valence electrons.